The van der Waals surface area contributed by atoms with Gasteiger partial charge in [-0.05, 0) is 31.9 Å². The Morgan fingerprint density at radius 1 is 1.39 bits per heavy atom. The SMILES string of the molecule is C[C@@H](Sc1nnc(-c2cccnc2)n1C)C(=O)NC1CCCC1. The molecule has 0 bridgehead atoms. The molecule has 0 aromatic carbocycles. The maximum Gasteiger partial charge on any atom is 0.233 e. The molecule has 1 aliphatic rings. The molecule has 6 nitrogen and oxygen atoms in total. The monoisotopic (exact) mass is 331 g/mol. The molecule has 2 aromatic heterocycles. The lowest BCUT2D eigenvalue weighted by atomic mass is 10.2. The molecule has 1 amide bonds. The summed E-state index contributed by atoms with van der Waals surface area (Å²) in [4.78, 5) is 16.4. The van der Waals surface area contributed by atoms with Gasteiger partial charge < -0.3 is 9.88 Å². The predicted octanol–water partition coefficient (Wildman–Crippen LogP) is 2.42. The second-order valence-electron chi connectivity index (χ2n) is 5.86. The normalized spacial score (nSPS) is 16.4. The summed E-state index contributed by atoms with van der Waals surface area (Å²) in [6.45, 7) is 1.91. The molecule has 0 spiro atoms. The number of amides is 1. The number of thioether (sulfide) groups is 1. The summed E-state index contributed by atoms with van der Waals surface area (Å²) in [7, 11) is 1.91. The van der Waals surface area contributed by atoms with Crippen molar-refractivity contribution < 1.29 is 4.79 Å². The van der Waals surface area contributed by atoms with Gasteiger partial charge in [0.25, 0.3) is 0 Å². The van der Waals surface area contributed by atoms with Gasteiger partial charge in [0.1, 0.15) is 0 Å². The minimum absolute atomic E-state index is 0.0767. The number of carbonyl (C=O) groups excluding carboxylic acids is 1. The summed E-state index contributed by atoms with van der Waals surface area (Å²) in [5.41, 5.74) is 0.914. The largest absolute Gasteiger partial charge is 0.352 e. The third kappa shape index (κ3) is 3.72. The average Bonchev–Trinajstić information content (AvgIpc) is 3.19. The van der Waals surface area contributed by atoms with E-state index in [2.05, 4.69) is 20.5 Å². The van der Waals surface area contributed by atoms with Gasteiger partial charge in [-0.3, -0.25) is 9.78 Å². The number of rotatable bonds is 5. The van der Waals surface area contributed by atoms with E-state index in [-0.39, 0.29) is 11.2 Å². The van der Waals surface area contributed by atoms with Crippen molar-refractivity contribution >= 4 is 17.7 Å². The first kappa shape index (κ1) is 16.0. The standard InChI is InChI=1S/C16H21N5OS/c1-11(15(22)18-13-7-3-4-8-13)23-16-20-19-14(21(16)2)12-6-5-9-17-10-12/h5-6,9-11,13H,3-4,7-8H2,1-2H3,(H,18,22)/t11-/m1/s1. The van der Waals surface area contributed by atoms with Crippen molar-refractivity contribution in [3.8, 4) is 11.4 Å². The van der Waals surface area contributed by atoms with Crippen LogP contribution in [0.2, 0.25) is 0 Å². The van der Waals surface area contributed by atoms with Gasteiger partial charge >= 0.3 is 0 Å². The van der Waals surface area contributed by atoms with Gasteiger partial charge in [0.15, 0.2) is 11.0 Å². The average molecular weight is 331 g/mol. The molecule has 23 heavy (non-hydrogen) atoms. The maximum absolute atomic E-state index is 12.3. The van der Waals surface area contributed by atoms with Crippen LogP contribution in [-0.4, -0.2) is 36.9 Å². The third-order valence-electron chi connectivity index (χ3n) is 4.11. The van der Waals surface area contributed by atoms with Crippen molar-refractivity contribution in [1.29, 1.82) is 0 Å². The van der Waals surface area contributed by atoms with Crippen LogP contribution < -0.4 is 5.32 Å². The van der Waals surface area contributed by atoms with Crippen LogP contribution >= 0.6 is 11.8 Å². The molecule has 1 saturated carbocycles. The van der Waals surface area contributed by atoms with E-state index in [1.54, 1.807) is 12.4 Å². The smallest absolute Gasteiger partial charge is 0.233 e. The summed E-state index contributed by atoms with van der Waals surface area (Å²) < 4.78 is 1.90. The number of carbonyl (C=O) groups is 1. The molecule has 7 heteroatoms. The van der Waals surface area contributed by atoms with Crippen molar-refractivity contribution in [2.75, 3.05) is 0 Å². The van der Waals surface area contributed by atoms with Crippen LogP contribution in [-0.2, 0) is 11.8 Å². The minimum Gasteiger partial charge on any atom is -0.352 e. The summed E-state index contributed by atoms with van der Waals surface area (Å²) in [6, 6.07) is 4.16. The molecular formula is C16H21N5OS. The Kier molecular flexibility index (Phi) is 4.95. The van der Waals surface area contributed by atoms with Gasteiger partial charge in [-0.25, -0.2) is 0 Å². The van der Waals surface area contributed by atoms with Crippen LogP contribution in [0.1, 0.15) is 32.6 Å². The maximum atomic E-state index is 12.3. The number of pyridine rings is 1. The fourth-order valence-corrected chi connectivity index (χ4v) is 3.59. The first-order valence-corrected chi connectivity index (χ1v) is 8.80. The van der Waals surface area contributed by atoms with Crippen LogP contribution in [0.15, 0.2) is 29.7 Å². The fraction of sp³-hybridized carbons (Fsp3) is 0.500. The Balaban J connectivity index is 1.66. The molecule has 0 saturated heterocycles. The zero-order valence-electron chi connectivity index (χ0n) is 13.4. The first-order valence-electron chi connectivity index (χ1n) is 7.92. The van der Waals surface area contributed by atoms with Gasteiger partial charge in [-0.15, -0.1) is 10.2 Å². The Bertz CT molecular complexity index is 666. The molecule has 1 fully saturated rings. The first-order chi connectivity index (χ1) is 11.1. The highest BCUT2D eigenvalue weighted by Crippen LogP contribution is 2.26. The van der Waals surface area contributed by atoms with Crippen molar-refractivity contribution in [2.24, 2.45) is 7.05 Å². The van der Waals surface area contributed by atoms with E-state index < -0.39 is 0 Å². The van der Waals surface area contributed by atoms with E-state index in [9.17, 15) is 4.79 Å². The summed E-state index contributed by atoms with van der Waals surface area (Å²) >= 11 is 1.43. The summed E-state index contributed by atoms with van der Waals surface area (Å²) in [5, 5.41) is 12.1. The molecule has 0 unspecified atom stereocenters. The third-order valence-corrected chi connectivity index (χ3v) is 5.24. The number of nitrogens with zero attached hydrogens (tertiary/aromatic N) is 4. The van der Waals surface area contributed by atoms with Crippen LogP contribution in [0.3, 0.4) is 0 Å². The molecule has 1 atom stereocenters. The minimum atomic E-state index is -0.194. The second kappa shape index (κ2) is 7.12. The topological polar surface area (TPSA) is 72.7 Å². The number of aromatic nitrogens is 4. The van der Waals surface area contributed by atoms with E-state index in [4.69, 9.17) is 0 Å². The van der Waals surface area contributed by atoms with E-state index in [1.165, 1.54) is 24.6 Å². The van der Waals surface area contributed by atoms with Gasteiger partial charge in [0.05, 0.1) is 5.25 Å². The van der Waals surface area contributed by atoms with Crippen molar-refractivity contribution in [1.82, 2.24) is 25.1 Å². The fourth-order valence-electron chi connectivity index (χ4n) is 2.76. The second-order valence-corrected chi connectivity index (χ2v) is 7.16. The molecule has 1 aliphatic carbocycles. The van der Waals surface area contributed by atoms with E-state index in [0.29, 0.717) is 6.04 Å². The van der Waals surface area contributed by atoms with Crippen LogP contribution in [0.4, 0.5) is 0 Å². The Labute approximate surface area is 140 Å². The van der Waals surface area contributed by atoms with Crippen molar-refractivity contribution in [3.05, 3.63) is 24.5 Å². The highest BCUT2D eigenvalue weighted by Gasteiger charge is 2.23. The molecule has 122 valence electrons. The summed E-state index contributed by atoms with van der Waals surface area (Å²) in [5.74, 6) is 0.830. The lowest BCUT2D eigenvalue weighted by molar-refractivity contribution is -0.120. The van der Waals surface area contributed by atoms with Crippen molar-refractivity contribution in [3.63, 3.8) is 0 Å². The number of nitrogens with one attached hydrogen (secondary N) is 1. The molecule has 2 aromatic rings. The quantitative estimate of drug-likeness (QED) is 0.852. The molecular weight excluding hydrogens is 310 g/mol. The Morgan fingerprint density at radius 3 is 2.87 bits per heavy atom. The molecule has 1 N–H and O–H groups in total. The lowest BCUT2D eigenvalue weighted by Gasteiger charge is -2.15. The van der Waals surface area contributed by atoms with Gasteiger partial charge in [0, 0.05) is 31.0 Å². The molecule has 3 rings (SSSR count). The molecule has 0 aliphatic heterocycles. The highest BCUT2D eigenvalue weighted by molar-refractivity contribution is 8.00. The van der Waals surface area contributed by atoms with Crippen LogP contribution in [0.5, 0.6) is 0 Å². The van der Waals surface area contributed by atoms with Gasteiger partial charge in [0.2, 0.25) is 5.91 Å². The van der Waals surface area contributed by atoms with Crippen LogP contribution in [0.25, 0.3) is 11.4 Å². The van der Waals surface area contributed by atoms with Gasteiger partial charge in [-0.1, -0.05) is 24.6 Å². The highest BCUT2D eigenvalue weighted by atomic mass is 32.2. The lowest BCUT2D eigenvalue weighted by Crippen LogP contribution is -2.37. The zero-order chi connectivity index (χ0) is 16.2. The number of hydrogen-bond donors (Lipinski definition) is 1. The van der Waals surface area contributed by atoms with E-state index >= 15 is 0 Å². The predicted molar refractivity (Wildman–Crippen MR) is 90.0 cm³/mol. The molecule has 2 heterocycles. The molecule has 0 radical (unpaired) electrons. The zero-order valence-corrected chi connectivity index (χ0v) is 14.2. The Morgan fingerprint density at radius 2 is 2.17 bits per heavy atom. The number of hydrogen-bond acceptors (Lipinski definition) is 5. The van der Waals surface area contributed by atoms with E-state index in [1.807, 2.05) is 30.7 Å². The Hall–Kier alpha value is -1.89. The van der Waals surface area contributed by atoms with E-state index in [0.717, 1.165) is 29.4 Å². The summed E-state index contributed by atoms with van der Waals surface area (Å²) in [6.07, 6.45) is 8.10. The van der Waals surface area contributed by atoms with Crippen molar-refractivity contribution in [2.45, 2.75) is 49.1 Å². The van der Waals surface area contributed by atoms with Gasteiger partial charge in [-0.2, -0.15) is 0 Å². The van der Waals surface area contributed by atoms with Crippen LogP contribution in [0, 0.1) is 0 Å².